The van der Waals surface area contributed by atoms with Gasteiger partial charge < -0.3 is 15.7 Å². The lowest BCUT2D eigenvalue weighted by atomic mass is 10.0. The van der Waals surface area contributed by atoms with E-state index in [0.29, 0.717) is 17.8 Å². The van der Waals surface area contributed by atoms with Crippen LogP contribution in [0.25, 0.3) is 0 Å². The number of hydrogen-bond acceptors (Lipinski definition) is 3. The molecule has 3 N–H and O–H groups in total. The highest BCUT2D eigenvalue weighted by molar-refractivity contribution is 5.98. The molecule has 0 radical (unpaired) electrons. The van der Waals surface area contributed by atoms with Gasteiger partial charge in [0.2, 0.25) is 11.8 Å². The Labute approximate surface area is 117 Å². The number of carboxylic acids is 1. The topological polar surface area (TPSA) is 95.5 Å². The fraction of sp³-hybridized carbons (Fsp3) is 0.357. The molecule has 0 aliphatic carbocycles. The molecule has 6 nitrogen and oxygen atoms in total. The molecule has 0 bridgehead atoms. The Morgan fingerprint density at radius 3 is 2.15 bits per heavy atom. The Morgan fingerprint density at radius 2 is 1.65 bits per heavy atom. The van der Waals surface area contributed by atoms with Crippen molar-refractivity contribution in [1.82, 2.24) is 0 Å². The van der Waals surface area contributed by atoms with Gasteiger partial charge in [-0.1, -0.05) is 13.0 Å². The first kappa shape index (κ1) is 15.7. The molecule has 0 fully saturated rings. The molecule has 0 saturated carbocycles. The number of carbonyl (C=O) groups is 3. The van der Waals surface area contributed by atoms with Gasteiger partial charge in [0.25, 0.3) is 0 Å². The van der Waals surface area contributed by atoms with Crippen LogP contribution < -0.4 is 10.6 Å². The molecule has 0 spiro atoms. The van der Waals surface area contributed by atoms with Crippen molar-refractivity contribution in [3.8, 4) is 0 Å². The molecule has 20 heavy (non-hydrogen) atoms. The third-order valence-corrected chi connectivity index (χ3v) is 2.67. The fourth-order valence-electron chi connectivity index (χ4n) is 1.75. The Bertz CT molecular complexity index is 540. The smallest absolute Gasteiger partial charge is 0.306 e. The summed E-state index contributed by atoms with van der Waals surface area (Å²) < 4.78 is 0. The van der Waals surface area contributed by atoms with Crippen LogP contribution in [0.3, 0.4) is 0 Å². The van der Waals surface area contributed by atoms with Gasteiger partial charge in [-0.15, -0.1) is 0 Å². The van der Waals surface area contributed by atoms with Crippen molar-refractivity contribution in [1.29, 1.82) is 0 Å². The van der Waals surface area contributed by atoms with E-state index in [-0.39, 0.29) is 11.8 Å². The summed E-state index contributed by atoms with van der Waals surface area (Å²) in [5.41, 5.74) is 1.72. The number of carbonyl (C=O) groups excluding carboxylic acids is 2. The van der Waals surface area contributed by atoms with Crippen molar-refractivity contribution < 1.29 is 19.5 Å². The molecule has 0 aromatic heterocycles. The second kappa shape index (κ2) is 6.70. The molecule has 2 amide bonds. The summed E-state index contributed by atoms with van der Waals surface area (Å²) in [6, 6.07) is 5.05. The summed E-state index contributed by atoms with van der Waals surface area (Å²) >= 11 is 0. The molecule has 1 atom stereocenters. The first-order valence-electron chi connectivity index (χ1n) is 6.20. The zero-order valence-electron chi connectivity index (χ0n) is 11.7. The summed E-state index contributed by atoms with van der Waals surface area (Å²) in [7, 11) is 0. The summed E-state index contributed by atoms with van der Waals surface area (Å²) in [4.78, 5) is 33.1. The van der Waals surface area contributed by atoms with Gasteiger partial charge in [-0.25, -0.2) is 0 Å². The Morgan fingerprint density at radius 1 is 1.10 bits per heavy atom. The quantitative estimate of drug-likeness (QED) is 0.766. The maximum Gasteiger partial charge on any atom is 0.306 e. The zero-order valence-corrected chi connectivity index (χ0v) is 11.7. The van der Waals surface area contributed by atoms with Gasteiger partial charge in [0.05, 0.1) is 17.3 Å². The molecule has 1 aromatic rings. The van der Waals surface area contributed by atoms with Crippen LogP contribution in [0.2, 0.25) is 0 Å². The van der Waals surface area contributed by atoms with Gasteiger partial charge in [-0.05, 0) is 24.1 Å². The lowest BCUT2D eigenvalue weighted by Crippen LogP contribution is -2.14. The maximum atomic E-state index is 11.2. The highest BCUT2D eigenvalue weighted by atomic mass is 16.4. The summed E-state index contributed by atoms with van der Waals surface area (Å²) in [6.07, 6.45) is 0.349. The maximum absolute atomic E-state index is 11.2. The molecule has 1 rings (SSSR count). The van der Waals surface area contributed by atoms with E-state index in [1.54, 1.807) is 25.1 Å². The minimum absolute atomic E-state index is 0.247. The molecule has 0 heterocycles. The zero-order chi connectivity index (χ0) is 15.3. The van der Waals surface area contributed by atoms with Crippen LogP contribution in [0.1, 0.15) is 26.3 Å². The number of amides is 2. The van der Waals surface area contributed by atoms with Crippen molar-refractivity contribution in [3.63, 3.8) is 0 Å². The average Bonchev–Trinajstić information content (AvgIpc) is 2.31. The molecule has 1 unspecified atom stereocenters. The summed E-state index contributed by atoms with van der Waals surface area (Å²) in [5.74, 6) is -1.91. The van der Waals surface area contributed by atoms with Crippen molar-refractivity contribution in [2.24, 2.45) is 5.92 Å². The third kappa shape index (κ3) is 4.72. The number of anilines is 2. The van der Waals surface area contributed by atoms with Gasteiger partial charge in [0.1, 0.15) is 0 Å². The van der Waals surface area contributed by atoms with E-state index in [1.165, 1.54) is 13.8 Å². The highest BCUT2D eigenvalue weighted by Crippen LogP contribution is 2.24. The van der Waals surface area contributed by atoms with Crippen LogP contribution in [0.15, 0.2) is 18.2 Å². The number of benzene rings is 1. The first-order chi connectivity index (χ1) is 9.29. The highest BCUT2D eigenvalue weighted by Gasteiger charge is 2.13. The van der Waals surface area contributed by atoms with Crippen LogP contribution in [-0.2, 0) is 20.8 Å². The number of rotatable bonds is 5. The number of nitrogens with one attached hydrogen (secondary N) is 2. The van der Waals surface area contributed by atoms with E-state index < -0.39 is 11.9 Å². The predicted octanol–water partition coefficient (Wildman–Crippen LogP) is 1.87. The summed E-state index contributed by atoms with van der Waals surface area (Å²) in [5, 5.41) is 14.1. The van der Waals surface area contributed by atoms with E-state index in [4.69, 9.17) is 5.11 Å². The largest absolute Gasteiger partial charge is 0.481 e. The van der Waals surface area contributed by atoms with Crippen LogP contribution in [0.5, 0.6) is 0 Å². The number of hydrogen-bond donors (Lipinski definition) is 3. The molecule has 0 aliphatic heterocycles. The van der Waals surface area contributed by atoms with E-state index in [1.807, 2.05) is 0 Å². The van der Waals surface area contributed by atoms with E-state index in [2.05, 4.69) is 10.6 Å². The molecular weight excluding hydrogens is 260 g/mol. The minimum Gasteiger partial charge on any atom is -0.481 e. The molecule has 0 saturated heterocycles. The van der Waals surface area contributed by atoms with Crippen LogP contribution in [0, 0.1) is 5.92 Å². The predicted molar refractivity (Wildman–Crippen MR) is 75.6 cm³/mol. The first-order valence-corrected chi connectivity index (χ1v) is 6.20. The SMILES string of the molecule is CC(=O)Nc1ccc(CC(C)C(=O)O)cc1NC(C)=O. The van der Waals surface area contributed by atoms with E-state index in [0.717, 1.165) is 5.56 Å². The fourth-order valence-corrected chi connectivity index (χ4v) is 1.75. The van der Waals surface area contributed by atoms with Gasteiger partial charge in [-0.3, -0.25) is 14.4 Å². The molecule has 0 aliphatic rings. The monoisotopic (exact) mass is 278 g/mol. The lowest BCUT2D eigenvalue weighted by molar-refractivity contribution is -0.141. The second-order valence-electron chi connectivity index (χ2n) is 4.69. The van der Waals surface area contributed by atoms with Gasteiger partial charge in [-0.2, -0.15) is 0 Å². The summed E-state index contributed by atoms with van der Waals surface area (Å²) in [6.45, 7) is 4.35. The van der Waals surface area contributed by atoms with Crippen LogP contribution in [0.4, 0.5) is 11.4 Å². The lowest BCUT2D eigenvalue weighted by Gasteiger charge is -2.13. The van der Waals surface area contributed by atoms with Gasteiger partial charge in [0, 0.05) is 13.8 Å². The average molecular weight is 278 g/mol. The Hall–Kier alpha value is -2.37. The Balaban J connectivity index is 3.03. The standard InChI is InChI=1S/C14H18N2O4/c1-8(14(19)20)6-11-4-5-12(15-9(2)17)13(7-11)16-10(3)18/h4-5,7-8H,6H2,1-3H3,(H,15,17)(H,16,18)(H,19,20). The number of carboxylic acid groups (broad SMARTS) is 1. The van der Waals surface area contributed by atoms with Crippen molar-refractivity contribution in [2.45, 2.75) is 27.2 Å². The van der Waals surface area contributed by atoms with Crippen molar-refractivity contribution in [2.75, 3.05) is 10.6 Å². The minimum atomic E-state index is -0.878. The van der Waals surface area contributed by atoms with Gasteiger partial charge >= 0.3 is 5.97 Å². The van der Waals surface area contributed by atoms with Crippen LogP contribution in [-0.4, -0.2) is 22.9 Å². The number of aliphatic carboxylic acids is 1. The van der Waals surface area contributed by atoms with E-state index in [9.17, 15) is 14.4 Å². The molecular formula is C14H18N2O4. The van der Waals surface area contributed by atoms with Crippen molar-refractivity contribution >= 4 is 29.2 Å². The van der Waals surface area contributed by atoms with Gasteiger partial charge in [0.15, 0.2) is 0 Å². The second-order valence-corrected chi connectivity index (χ2v) is 4.69. The molecule has 6 heteroatoms. The van der Waals surface area contributed by atoms with Crippen LogP contribution >= 0.6 is 0 Å². The Kier molecular flexibility index (Phi) is 5.25. The van der Waals surface area contributed by atoms with E-state index >= 15 is 0 Å². The molecule has 108 valence electrons. The van der Waals surface area contributed by atoms with Crippen molar-refractivity contribution in [3.05, 3.63) is 23.8 Å². The molecule has 1 aromatic carbocycles. The normalized spacial score (nSPS) is 11.6. The third-order valence-electron chi connectivity index (χ3n) is 2.67.